The highest BCUT2D eigenvalue weighted by molar-refractivity contribution is 5.76. The fraction of sp³-hybridized carbons (Fsp3) is 0.667. The van der Waals surface area contributed by atoms with Gasteiger partial charge in [0.1, 0.15) is 0 Å². The second-order valence-corrected chi connectivity index (χ2v) is 1.99. The summed E-state index contributed by atoms with van der Waals surface area (Å²) < 4.78 is 0. The fourth-order valence-electron chi connectivity index (χ4n) is 0.713. The lowest BCUT2D eigenvalue weighted by atomic mass is 10.5. The Balaban J connectivity index is 2.63. The van der Waals surface area contributed by atoms with Gasteiger partial charge in [-0.15, -0.1) is 0 Å². The molecule has 0 saturated carbocycles. The number of aliphatic imine (C=N–C) groups is 1. The van der Waals surface area contributed by atoms with Crippen molar-refractivity contribution in [3.05, 3.63) is 11.4 Å². The topological polar surface area (TPSA) is 29.2 Å². The molecule has 1 unspecified atom stereocenters. The van der Waals surface area contributed by atoms with E-state index in [4.69, 9.17) is 11.4 Å². The van der Waals surface area contributed by atoms with Gasteiger partial charge in [0, 0.05) is 13.5 Å². The van der Waals surface area contributed by atoms with Crippen LogP contribution in [0, 0.1) is 6.57 Å². The molecule has 0 spiro atoms. The predicted octanol–water partition coefficient (Wildman–Crippen LogP) is 0.875. The molecule has 1 heterocycles. The van der Waals surface area contributed by atoms with Crippen LogP contribution in [0.1, 0.15) is 13.3 Å². The highest BCUT2D eigenvalue weighted by Crippen LogP contribution is 2.11. The van der Waals surface area contributed by atoms with Crippen LogP contribution in [0.15, 0.2) is 4.99 Å². The molecule has 0 bridgehead atoms. The zero-order valence-electron chi connectivity index (χ0n) is 6.03. The van der Waals surface area contributed by atoms with Gasteiger partial charge >= 0.3 is 6.29 Å². The highest BCUT2D eigenvalue weighted by Gasteiger charge is 2.27. The fourth-order valence-corrected chi connectivity index (χ4v) is 0.713. The standard InChI is InChI=1S/C6H9N3O/c1-4-5-8-6(7-2)9(3)10-5/h6H,4H2,1,3H3. The van der Waals surface area contributed by atoms with Crippen molar-refractivity contribution >= 4 is 5.90 Å². The Bertz CT molecular complexity index is 194. The lowest BCUT2D eigenvalue weighted by Gasteiger charge is -2.05. The highest BCUT2D eigenvalue weighted by atomic mass is 16.7. The van der Waals surface area contributed by atoms with Gasteiger partial charge in [0.05, 0.1) is 0 Å². The third-order valence-electron chi connectivity index (χ3n) is 1.25. The van der Waals surface area contributed by atoms with Crippen LogP contribution in [0.5, 0.6) is 0 Å². The first-order valence-electron chi connectivity index (χ1n) is 3.12. The maximum atomic E-state index is 6.69. The molecule has 0 aliphatic carbocycles. The molecule has 0 N–H and O–H groups in total. The Morgan fingerprint density at radius 3 is 2.90 bits per heavy atom. The van der Waals surface area contributed by atoms with Crippen LogP contribution in [0.25, 0.3) is 4.85 Å². The lowest BCUT2D eigenvalue weighted by Crippen LogP contribution is -2.21. The van der Waals surface area contributed by atoms with Gasteiger partial charge in [-0.25, -0.2) is 6.57 Å². The molecular formula is C6H9N3O. The van der Waals surface area contributed by atoms with Crippen LogP contribution < -0.4 is 0 Å². The van der Waals surface area contributed by atoms with E-state index in [1.807, 2.05) is 6.92 Å². The second-order valence-electron chi connectivity index (χ2n) is 1.99. The first-order valence-corrected chi connectivity index (χ1v) is 3.12. The smallest absolute Gasteiger partial charge is 0.382 e. The normalized spacial score (nSPS) is 25.3. The van der Waals surface area contributed by atoms with Crippen molar-refractivity contribution in [2.75, 3.05) is 7.05 Å². The molecule has 4 heteroatoms. The van der Waals surface area contributed by atoms with Gasteiger partial charge in [0.2, 0.25) is 5.90 Å². The van der Waals surface area contributed by atoms with Crippen molar-refractivity contribution in [2.24, 2.45) is 4.99 Å². The molecular weight excluding hydrogens is 130 g/mol. The van der Waals surface area contributed by atoms with E-state index in [2.05, 4.69) is 9.84 Å². The molecule has 1 rings (SSSR count). The zero-order valence-corrected chi connectivity index (χ0v) is 6.03. The minimum absolute atomic E-state index is 0.463. The summed E-state index contributed by atoms with van der Waals surface area (Å²) in [4.78, 5) is 12.3. The molecule has 0 aromatic rings. The molecule has 54 valence electrons. The van der Waals surface area contributed by atoms with E-state index in [-0.39, 0.29) is 0 Å². The maximum Gasteiger partial charge on any atom is 0.410 e. The van der Waals surface area contributed by atoms with Gasteiger partial charge in [-0.05, 0) is 5.06 Å². The molecule has 0 fully saturated rings. The molecule has 1 aliphatic rings. The van der Waals surface area contributed by atoms with Crippen molar-refractivity contribution in [3.8, 4) is 0 Å². The SMILES string of the molecule is [C-]#[N+]C1N=C(CC)ON1C. The van der Waals surface area contributed by atoms with Crippen molar-refractivity contribution < 1.29 is 4.84 Å². The monoisotopic (exact) mass is 139 g/mol. The maximum absolute atomic E-state index is 6.69. The largest absolute Gasteiger partial charge is 0.410 e. The van der Waals surface area contributed by atoms with E-state index in [9.17, 15) is 0 Å². The summed E-state index contributed by atoms with van der Waals surface area (Å²) in [6, 6.07) is 0. The molecule has 0 saturated heterocycles. The van der Waals surface area contributed by atoms with E-state index in [1.54, 1.807) is 7.05 Å². The van der Waals surface area contributed by atoms with Crippen LogP contribution >= 0.6 is 0 Å². The second kappa shape index (κ2) is 2.67. The Labute approximate surface area is 59.9 Å². The summed E-state index contributed by atoms with van der Waals surface area (Å²) in [5.74, 6) is 0.642. The molecule has 1 aliphatic heterocycles. The van der Waals surface area contributed by atoms with Crippen LogP contribution in [0.3, 0.4) is 0 Å². The van der Waals surface area contributed by atoms with Gasteiger partial charge in [0.25, 0.3) is 0 Å². The van der Waals surface area contributed by atoms with Crippen molar-refractivity contribution in [1.29, 1.82) is 0 Å². The van der Waals surface area contributed by atoms with Crippen molar-refractivity contribution in [1.82, 2.24) is 5.06 Å². The number of hydroxylamine groups is 2. The minimum Gasteiger partial charge on any atom is -0.382 e. The summed E-state index contributed by atoms with van der Waals surface area (Å²) in [5.41, 5.74) is 0. The van der Waals surface area contributed by atoms with Crippen LogP contribution in [-0.2, 0) is 4.84 Å². The van der Waals surface area contributed by atoms with Crippen LogP contribution in [-0.4, -0.2) is 24.3 Å². The molecule has 0 aromatic heterocycles. The molecule has 4 nitrogen and oxygen atoms in total. The van der Waals surface area contributed by atoms with Gasteiger partial charge in [-0.1, -0.05) is 6.92 Å². The Morgan fingerprint density at radius 2 is 2.60 bits per heavy atom. The van der Waals surface area contributed by atoms with Crippen LogP contribution in [0.2, 0.25) is 0 Å². The first-order chi connectivity index (χ1) is 4.77. The quantitative estimate of drug-likeness (QED) is 0.504. The third kappa shape index (κ3) is 1.09. The number of hydrogen-bond donors (Lipinski definition) is 0. The summed E-state index contributed by atoms with van der Waals surface area (Å²) in [7, 11) is 1.70. The van der Waals surface area contributed by atoms with Gasteiger partial charge < -0.3 is 4.84 Å². The Hall–Kier alpha value is -1.08. The number of hydrogen-bond acceptors (Lipinski definition) is 3. The van der Waals surface area contributed by atoms with E-state index in [0.717, 1.165) is 6.42 Å². The van der Waals surface area contributed by atoms with Gasteiger partial charge in [0.15, 0.2) is 0 Å². The lowest BCUT2D eigenvalue weighted by molar-refractivity contribution is -0.0453. The first kappa shape index (κ1) is 7.03. The summed E-state index contributed by atoms with van der Waals surface area (Å²) >= 11 is 0. The third-order valence-corrected chi connectivity index (χ3v) is 1.25. The van der Waals surface area contributed by atoms with Gasteiger partial charge in [-0.3, -0.25) is 4.85 Å². The molecule has 0 amide bonds. The van der Waals surface area contributed by atoms with E-state index < -0.39 is 6.29 Å². The van der Waals surface area contributed by atoms with Crippen molar-refractivity contribution in [3.63, 3.8) is 0 Å². The minimum atomic E-state index is -0.463. The molecule has 10 heavy (non-hydrogen) atoms. The number of nitrogens with zero attached hydrogens (tertiary/aromatic N) is 3. The average Bonchev–Trinajstić information content (AvgIpc) is 2.30. The molecule has 1 atom stereocenters. The van der Waals surface area contributed by atoms with Gasteiger partial charge in [-0.2, -0.15) is 4.99 Å². The summed E-state index contributed by atoms with van der Waals surface area (Å²) in [6.07, 6.45) is 0.283. The Morgan fingerprint density at radius 1 is 1.90 bits per heavy atom. The molecule has 0 aromatic carbocycles. The predicted molar refractivity (Wildman–Crippen MR) is 37.0 cm³/mol. The molecule has 0 radical (unpaired) electrons. The van der Waals surface area contributed by atoms with E-state index in [0.29, 0.717) is 5.90 Å². The summed E-state index contributed by atoms with van der Waals surface area (Å²) in [5, 5.41) is 1.45. The van der Waals surface area contributed by atoms with Crippen molar-refractivity contribution in [2.45, 2.75) is 19.6 Å². The average molecular weight is 139 g/mol. The Kier molecular flexibility index (Phi) is 1.88. The number of rotatable bonds is 1. The van der Waals surface area contributed by atoms with E-state index >= 15 is 0 Å². The van der Waals surface area contributed by atoms with Crippen LogP contribution in [0.4, 0.5) is 0 Å². The van der Waals surface area contributed by atoms with E-state index in [1.165, 1.54) is 5.06 Å². The summed E-state index contributed by atoms with van der Waals surface area (Å²) in [6.45, 7) is 8.64. The zero-order chi connectivity index (χ0) is 7.56.